The smallest absolute Gasteiger partial charge is 0.231 e. The van der Waals surface area contributed by atoms with Gasteiger partial charge in [-0.05, 0) is 30.3 Å². The maximum absolute atomic E-state index is 13.0. The van der Waals surface area contributed by atoms with Crippen molar-refractivity contribution in [3.8, 4) is 0 Å². The molecule has 6 heteroatoms. The molecule has 94 valence electrons. The molecule has 5 nitrogen and oxygen atoms in total. The van der Waals surface area contributed by atoms with Crippen LogP contribution in [0.3, 0.4) is 0 Å². The number of rotatable bonds is 5. The minimum atomic E-state index is -0.628. The zero-order chi connectivity index (χ0) is 13.0. The fraction of sp³-hybridized carbons (Fsp3) is 0.167. The van der Waals surface area contributed by atoms with Crippen LogP contribution in [0.1, 0.15) is 11.8 Å². The first kappa shape index (κ1) is 12.1. The Balaban J connectivity index is 2.17. The van der Waals surface area contributed by atoms with Crippen molar-refractivity contribution < 1.29 is 13.7 Å². The molecular weight excluding hydrogens is 239 g/mol. The molecule has 1 N–H and O–H groups in total. The van der Waals surface area contributed by atoms with E-state index in [1.165, 1.54) is 24.5 Å². The van der Waals surface area contributed by atoms with E-state index in [9.17, 15) is 14.5 Å². The molecule has 2 aromatic rings. The van der Waals surface area contributed by atoms with Crippen LogP contribution in [-0.4, -0.2) is 11.5 Å². The Hall–Kier alpha value is -2.37. The quantitative estimate of drug-likeness (QED) is 0.654. The molecule has 0 saturated carbocycles. The molecule has 2 rings (SSSR count). The zero-order valence-electron chi connectivity index (χ0n) is 9.38. The van der Waals surface area contributed by atoms with Crippen LogP contribution in [0.5, 0.6) is 0 Å². The number of hydrogen-bond donors (Lipinski definition) is 1. The van der Waals surface area contributed by atoms with Gasteiger partial charge in [0.25, 0.3) is 0 Å². The van der Waals surface area contributed by atoms with Crippen LogP contribution in [0.2, 0.25) is 0 Å². The molecule has 1 aromatic heterocycles. The van der Waals surface area contributed by atoms with Gasteiger partial charge in [0.05, 0.1) is 6.26 Å². The topological polar surface area (TPSA) is 68.3 Å². The van der Waals surface area contributed by atoms with Crippen molar-refractivity contribution in [2.75, 3.05) is 11.9 Å². The number of benzene rings is 1. The van der Waals surface area contributed by atoms with E-state index in [4.69, 9.17) is 4.42 Å². The summed E-state index contributed by atoms with van der Waals surface area (Å²) in [6, 6.07) is 8.41. The van der Waals surface area contributed by atoms with Crippen molar-refractivity contribution in [1.82, 2.24) is 0 Å². The monoisotopic (exact) mass is 250 g/mol. The van der Waals surface area contributed by atoms with Gasteiger partial charge in [-0.1, -0.05) is 6.07 Å². The first-order chi connectivity index (χ1) is 8.65. The predicted octanol–water partition coefficient (Wildman–Crippen LogP) is 2.85. The second kappa shape index (κ2) is 5.31. The van der Waals surface area contributed by atoms with Crippen LogP contribution in [0, 0.1) is 15.9 Å². The summed E-state index contributed by atoms with van der Waals surface area (Å²) in [5.41, 5.74) is 0.471. The molecule has 1 heterocycles. The van der Waals surface area contributed by atoms with Crippen molar-refractivity contribution in [2.24, 2.45) is 0 Å². The van der Waals surface area contributed by atoms with Gasteiger partial charge in [0.2, 0.25) is 6.54 Å². The van der Waals surface area contributed by atoms with Gasteiger partial charge in [-0.3, -0.25) is 10.1 Å². The molecule has 0 spiro atoms. The molecule has 0 radical (unpaired) electrons. The molecule has 0 aliphatic rings. The Labute approximate surface area is 102 Å². The van der Waals surface area contributed by atoms with Gasteiger partial charge in [-0.15, -0.1) is 0 Å². The summed E-state index contributed by atoms with van der Waals surface area (Å²) in [5.74, 6) is 0.0373. The fourth-order valence-corrected chi connectivity index (χ4v) is 1.62. The van der Waals surface area contributed by atoms with E-state index in [0.29, 0.717) is 11.4 Å². The highest BCUT2D eigenvalue weighted by molar-refractivity contribution is 5.44. The molecule has 1 unspecified atom stereocenters. The van der Waals surface area contributed by atoms with E-state index >= 15 is 0 Å². The lowest BCUT2D eigenvalue weighted by Crippen LogP contribution is -2.19. The summed E-state index contributed by atoms with van der Waals surface area (Å²) >= 11 is 0. The summed E-state index contributed by atoms with van der Waals surface area (Å²) in [4.78, 5) is 10.2. The lowest BCUT2D eigenvalue weighted by atomic mass is 10.2. The summed E-state index contributed by atoms with van der Waals surface area (Å²) in [6.45, 7) is -0.343. The largest absolute Gasteiger partial charge is 0.467 e. The van der Waals surface area contributed by atoms with E-state index in [1.54, 1.807) is 18.2 Å². The van der Waals surface area contributed by atoms with Gasteiger partial charge >= 0.3 is 0 Å². The zero-order valence-corrected chi connectivity index (χ0v) is 9.38. The fourth-order valence-electron chi connectivity index (χ4n) is 1.62. The summed E-state index contributed by atoms with van der Waals surface area (Å²) in [6.07, 6.45) is 1.44. The van der Waals surface area contributed by atoms with Crippen LogP contribution >= 0.6 is 0 Å². The third-order valence-corrected chi connectivity index (χ3v) is 2.38. The molecule has 1 aromatic carbocycles. The third kappa shape index (κ3) is 3.07. The molecule has 0 fully saturated rings. The lowest BCUT2D eigenvalue weighted by molar-refractivity contribution is -0.482. The Kier molecular flexibility index (Phi) is 3.57. The second-order valence-corrected chi connectivity index (χ2v) is 3.74. The Morgan fingerprint density at radius 1 is 1.39 bits per heavy atom. The van der Waals surface area contributed by atoms with E-state index in [0.717, 1.165) is 0 Å². The van der Waals surface area contributed by atoms with Crippen LogP contribution < -0.4 is 5.32 Å². The minimum absolute atomic E-state index is 0.343. The molecular formula is C12H11FN2O3. The first-order valence-electron chi connectivity index (χ1n) is 5.32. The Morgan fingerprint density at radius 3 is 2.83 bits per heavy atom. The average molecular weight is 250 g/mol. The van der Waals surface area contributed by atoms with E-state index in [1.807, 2.05) is 0 Å². The third-order valence-electron chi connectivity index (χ3n) is 2.38. The summed E-state index contributed by atoms with van der Waals surface area (Å²) in [7, 11) is 0. The van der Waals surface area contributed by atoms with Crippen molar-refractivity contribution >= 4 is 5.69 Å². The average Bonchev–Trinajstić information content (AvgIpc) is 2.80. The maximum atomic E-state index is 13.0. The highest BCUT2D eigenvalue weighted by atomic mass is 19.1. The highest BCUT2D eigenvalue weighted by Gasteiger charge is 2.20. The number of nitro groups is 1. The van der Waals surface area contributed by atoms with Crippen molar-refractivity contribution in [3.63, 3.8) is 0 Å². The van der Waals surface area contributed by atoms with Gasteiger partial charge < -0.3 is 9.73 Å². The number of furan rings is 1. The Morgan fingerprint density at radius 2 is 2.22 bits per heavy atom. The number of nitrogens with one attached hydrogen (secondary N) is 1. The van der Waals surface area contributed by atoms with Crippen molar-refractivity contribution in [2.45, 2.75) is 6.04 Å². The van der Waals surface area contributed by atoms with Gasteiger partial charge in [-0.2, -0.15) is 0 Å². The van der Waals surface area contributed by atoms with Gasteiger partial charge in [0.1, 0.15) is 17.6 Å². The van der Waals surface area contributed by atoms with Gasteiger partial charge in [0, 0.05) is 10.6 Å². The maximum Gasteiger partial charge on any atom is 0.231 e. The van der Waals surface area contributed by atoms with Crippen LogP contribution in [-0.2, 0) is 0 Å². The molecule has 0 saturated heterocycles. The normalized spacial score (nSPS) is 12.1. The lowest BCUT2D eigenvalue weighted by Gasteiger charge is -2.13. The molecule has 1 atom stereocenters. The molecule has 18 heavy (non-hydrogen) atoms. The predicted molar refractivity (Wildman–Crippen MR) is 63.3 cm³/mol. The summed E-state index contributed by atoms with van der Waals surface area (Å²) < 4.78 is 18.2. The summed E-state index contributed by atoms with van der Waals surface area (Å²) in [5, 5.41) is 13.5. The SMILES string of the molecule is O=[N+]([O-])CC(Nc1cccc(F)c1)c1ccco1. The van der Waals surface area contributed by atoms with E-state index < -0.39 is 16.8 Å². The second-order valence-electron chi connectivity index (χ2n) is 3.74. The molecule has 0 aliphatic heterocycles. The number of anilines is 1. The van der Waals surface area contributed by atoms with E-state index in [2.05, 4.69) is 5.32 Å². The van der Waals surface area contributed by atoms with Gasteiger partial charge in [0.15, 0.2) is 0 Å². The van der Waals surface area contributed by atoms with Crippen molar-refractivity contribution in [1.29, 1.82) is 0 Å². The van der Waals surface area contributed by atoms with Crippen LogP contribution in [0.4, 0.5) is 10.1 Å². The van der Waals surface area contributed by atoms with Crippen LogP contribution in [0.15, 0.2) is 47.1 Å². The molecule has 0 bridgehead atoms. The standard InChI is InChI=1S/C12H11FN2O3/c13-9-3-1-4-10(7-9)14-11(8-15(16)17)12-5-2-6-18-12/h1-7,11,14H,8H2. The number of nitrogens with zero attached hydrogens (tertiary/aromatic N) is 1. The van der Waals surface area contributed by atoms with Crippen LogP contribution in [0.25, 0.3) is 0 Å². The highest BCUT2D eigenvalue weighted by Crippen LogP contribution is 2.20. The molecule has 0 aliphatic carbocycles. The first-order valence-corrected chi connectivity index (χ1v) is 5.32. The number of hydrogen-bond acceptors (Lipinski definition) is 4. The minimum Gasteiger partial charge on any atom is -0.467 e. The number of halogens is 1. The molecule has 0 amide bonds. The Bertz CT molecular complexity index is 528. The van der Waals surface area contributed by atoms with E-state index in [-0.39, 0.29) is 6.54 Å². The van der Waals surface area contributed by atoms with Gasteiger partial charge in [-0.25, -0.2) is 4.39 Å². The van der Waals surface area contributed by atoms with Crippen molar-refractivity contribution in [3.05, 3.63) is 64.4 Å².